The van der Waals surface area contributed by atoms with Crippen molar-refractivity contribution in [1.29, 1.82) is 0 Å². The Kier molecular flexibility index (Phi) is 7.00. The predicted molar refractivity (Wildman–Crippen MR) is 117 cm³/mol. The number of nitrogens with zero attached hydrogens (tertiary/aromatic N) is 1. The maximum absolute atomic E-state index is 12.8. The van der Waals surface area contributed by atoms with Gasteiger partial charge in [0.2, 0.25) is 0 Å². The normalized spacial score (nSPS) is 11.5. The van der Waals surface area contributed by atoms with E-state index in [1.165, 1.54) is 41.8 Å². The number of fused-ring (bicyclic) bond motifs is 3. The second-order valence-electron chi connectivity index (χ2n) is 7.44. The summed E-state index contributed by atoms with van der Waals surface area (Å²) in [4.78, 5) is 15.2. The molecule has 0 aliphatic rings. The lowest BCUT2D eigenvalue weighted by Gasteiger charge is -2.21. The Labute approximate surface area is 163 Å². The fourth-order valence-corrected chi connectivity index (χ4v) is 3.69. The molecule has 0 heterocycles. The summed E-state index contributed by atoms with van der Waals surface area (Å²) >= 11 is 0. The van der Waals surface area contributed by atoms with E-state index in [-0.39, 0.29) is 5.78 Å². The van der Waals surface area contributed by atoms with Gasteiger partial charge in [0.1, 0.15) is 0 Å². The van der Waals surface area contributed by atoms with Gasteiger partial charge in [-0.25, -0.2) is 0 Å². The standard InChI is InChI=1S/C25H31NO/c1-3-5-16-26(17-6-4-2)18-15-25(27)22-13-14-24-21(19-22)12-11-20-9-7-8-10-23(20)24/h7-14,19H,3-6,15-18H2,1-2H3. The van der Waals surface area contributed by atoms with Crippen LogP contribution in [0.4, 0.5) is 0 Å². The smallest absolute Gasteiger partial charge is 0.164 e. The van der Waals surface area contributed by atoms with Crippen molar-refractivity contribution < 1.29 is 4.79 Å². The van der Waals surface area contributed by atoms with Gasteiger partial charge >= 0.3 is 0 Å². The lowest BCUT2D eigenvalue weighted by Crippen LogP contribution is -2.28. The third-order valence-electron chi connectivity index (χ3n) is 5.38. The van der Waals surface area contributed by atoms with Crippen LogP contribution < -0.4 is 0 Å². The van der Waals surface area contributed by atoms with Crippen LogP contribution in [-0.2, 0) is 0 Å². The lowest BCUT2D eigenvalue weighted by molar-refractivity contribution is 0.0963. The minimum absolute atomic E-state index is 0.253. The Balaban J connectivity index is 1.72. The minimum Gasteiger partial charge on any atom is -0.303 e. The molecule has 3 aromatic carbocycles. The Bertz CT molecular complexity index is 891. The van der Waals surface area contributed by atoms with Crippen molar-refractivity contribution in [3.05, 3.63) is 60.2 Å². The summed E-state index contributed by atoms with van der Waals surface area (Å²) in [7, 11) is 0. The fraction of sp³-hybridized carbons (Fsp3) is 0.400. The molecule has 2 heteroatoms. The number of carbonyl (C=O) groups excluding carboxylic acids is 1. The first kappa shape index (κ1) is 19.6. The van der Waals surface area contributed by atoms with Crippen LogP contribution in [0.1, 0.15) is 56.3 Å². The highest BCUT2D eigenvalue weighted by molar-refractivity contribution is 6.09. The highest BCUT2D eigenvalue weighted by Crippen LogP contribution is 2.26. The van der Waals surface area contributed by atoms with E-state index in [1.807, 2.05) is 6.07 Å². The van der Waals surface area contributed by atoms with Crippen molar-refractivity contribution in [1.82, 2.24) is 4.90 Å². The van der Waals surface area contributed by atoms with E-state index in [0.717, 1.165) is 30.6 Å². The Hall–Kier alpha value is -2.19. The third kappa shape index (κ3) is 4.95. The first-order valence-electron chi connectivity index (χ1n) is 10.4. The molecule has 0 bridgehead atoms. The molecule has 0 amide bonds. The molecule has 0 atom stereocenters. The summed E-state index contributed by atoms with van der Waals surface area (Å²) in [6.07, 6.45) is 5.43. The van der Waals surface area contributed by atoms with Crippen molar-refractivity contribution in [2.75, 3.05) is 19.6 Å². The molecule has 0 spiro atoms. The number of carbonyl (C=O) groups is 1. The summed E-state index contributed by atoms with van der Waals surface area (Å²) < 4.78 is 0. The lowest BCUT2D eigenvalue weighted by atomic mass is 9.98. The van der Waals surface area contributed by atoms with Crippen LogP contribution in [0, 0.1) is 0 Å². The summed E-state index contributed by atoms with van der Waals surface area (Å²) in [6.45, 7) is 7.53. The van der Waals surface area contributed by atoms with Crippen LogP contribution >= 0.6 is 0 Å². The van der Waals surface area contributed by atoms with E-state index in [2.05, 4.69) is 67.3 Å². The van der Waals surface area contributed by atoms with Gasteiger partial charge in [0, 0.05) is 18.5 Å². The van der Waals surface area contributed by atoms with Crippen molar-refractivity contribution >= 4 is 27.3 Å². The zero-order chi connectivity index (χ0) is 19.1. The molecule has 0 saturated heterocycles. The Morgan fingerprint density at radius 2 is 1.44 bits per heavy atom. The van der Waals surface area contributed by atoms with Gasteiger partial charge in [-0.15, -0.1) is 0 Å². The van der Waals surface area contributed by atoms with E-state index in [0.29, 0.717) is 6.42 Å². The molecule has 0 aliphatic heterocycles. The van der Waals surface area contributed by atoms with Gasteiger partial charge in [0.25, 0.3) is 0 Å². The molecular formula is C25H31NO. The Morgan fingerprint density at radius 1 is 0.778 bits per heavy atom. The first-order chi connectivity index (χ1) is 13.2. The van der Waals surface area contributed by atoms with Crippen LogP contribution in [0.3, 0.4) is 0 Å². The maximum atomic E-state index is 12.8. The molecule has 0 saturated carbocycles. The highest BCUT2D eigenvalue weighted by Gasteiger charge is 2.11. The number of hydrogen-bond acceptors (Lipinski definition) is 2. The molecular weight excluding hydrogens is 330 g/mol. The summed E-state index contributed by atoms with van der Waals surface area (Å²) in [5.74, 6) is 0.253. The van der Waals surface area contributed by atoms with Gasteiger partial charge in [-0.1, -0.05) is 75.2 Å². The number of benzene rings is 3. The molecule has 0 unspecified atom stereocenters. The van der Waals surface area contributed by atoms with Crippen LogP contribution in [0.5, 0.6) is 0 Å². The number of hydrogen-bond donors (Lipinski definition) is 0. The summed E-state index contributed by atoms with van der Waals surface area (Å²) in [6, 6.07) is 18.9. The van der Waals surface area contributed by atoms with Crippen molar-refractivity contribution in [2.45, 2.75) is 46.0 Å². The van der Waals surface area contributed by atoms with E-state index < -0.39 is 0 Å². The molecule has 0 fully saturated rings. The van der Waals surface area contributed by atoms with Gasteiger partial charge in [-0.3, -0.25) is 4.79 Å². The fourth-order valence-electron chi connectivity index (χ4n) is 3.69. The first-order valence-corrected chi connectivity index (χ1v) is 10.4. The van der Waals surface area contributed by atoms with Crippen molar-refractivity contribution in [2.24, 2.45) is 0 Å². The van der Waals surface area contributed by atoms with Crippen LogP contribution in [0.15, 0.2) is 54.6 Å². The average molecular weight is 362 g/mol. The zero-order valence-electron chi connectivity index (χ0n) is 16.7. The van der Waals surface area contributed by atoms with E-state index in [9.17, 15) is 4.79 Å². The quantitative estimate of drug-likeness (QED) is 0.305. The molecule has 3 rings (SSSR count). The Morgan fingerprint density at radius 3 is 2.19 bits per heavy atom. The second kappa shape index (κ2) is 9.66. The largest absolute Gasteiger partial charge is 0.303 e. The van der Waals surface area contributed by atoms with Crippen LogP contribution in [-0.4, -0.2) is 30.3 Å². The van der Waals surface area contributed by atoms with Crippen LogP contribution in [0.2, 0.25) is 0 Å². The molecule has 0 radical (unpaired) electrons. The van der Waals surface area contributed by atoms with E-state index in [1.54, 1.807) is 0 Å². The van der Waals surface area contributed by atoms with Gasteiger partial charge in [0.15, 0.2) is 5.78 Å². The maximum Gasteiger partial charge on any atom is 0.164 e. The topological polar surface area (TPSA) is 20.3 Å². The van der Waals surface area contributed by atoms with Crippen molar-refractivity contribution in [3.8, 4) is 0 Å². The molecule has 142 valence electrons. The van der Waals surface area contributed by atoms with Crippen LogP contribution in [0.25, 0.3) is 21.5 Å². The highest BCUT2D eigenvalue weighted by atomic mass is 16.1. The monoisotopic (exact) mass is 361 g/mol. The second-order valence-corrected chi connectivity index (χ2v) is 7.44. The molecule has 0 N–H and O–H groups in total. The molecule has 2 nitrogen and oxygen atoms in total. The zero-order valence-corrected chi connectivity index (χ0v) is 16.7. The SMILES string of the molecule is CCCCN(CCCC)CCC(=O)c1ccc2c(ccc3ccccc32)c1. The van der Waals surface area contributed by atoms with E-state index >= 15 is 0 Å². The minimum atomic E-state index is 0.253. The number of unbranched alkanes of at least 4 members (excludes halogenated alkanes) is 2. The van der Waals surface area contributed by atoms with E-state index in [4.69, 9.17) is 0 Å². The molecule has 0 aliphatic carbocycles. The summed E-state index contributed by atoms with van der Waals surface area (Å²) in [5, 5.41) is 4.86. The number of Topliss-reactive ketones (excluding diaryl/α,β-unsaturated/α-hetero) is 1. The molecule has 0 aromatic heterocycles. The van der Waals surface area contributed by atoms with Gasteiger partial charge in [0.05, 0.1) is 0 Å². The predicted octanol–water partition coefficient (Wildman–Crippen LogP) is 6.47. The summed E-state index contributed by atoms with van der Waals surface area (Å²) in [5.41, 5.74) is 0.837. The van der Waals surface area contributed by atoms with Gasteiger partial charge in [-0.2, -0.15) is 0 Å². The molecule has 3 aromatic rings. The van der Waals surface area contributed by atoms with Crippen molar-refractivity contribution in [3.63, 3.8) is 0 Å². The third-order valence-corrected chi connectivity index (χ3v) is 5.38. The van der Waals surface area contributed by atoms with Gasteiger partial charge in [-0.05, 0) is 53.5 Å². The number of rotatable bonds is 10. The average Bonchev–Trinajstić information content (AvgIpc) is 2.72. The van der Waals surface area contributed by atoms with Gasteiger partial charge < -0.3 is 4.90 Å². The number of ketones is 1. The molecule has 27 heavy (non-hydrogen) atoms.